The molecule has 4 rings (SSSR count). The summed E-state index contributed by atoms with van der Waals surface area (Å²) in [6.45, 7) is 0.740. The first kappa shape index (κ1) is 23.2. The van der Waals surface area contributed by atoms with Gasteiger partial charge in [0, 0.05) is 36.8 Å². The number of aromatic nitrogens is 4. The summed E-state index contributed by atoms with van der Waals surface area (Å²) in [6, 6.07) is 9.82. The van der Waals surface area contributed by atoms with E-state index in [1.807, 2.05) is 6.07 Å². The van der Waals surface area contributed by atoms with Crippen LogP contribution < -0.4 is 10.2 Å². The molecule has 0 saturated heterocycles. The number of amides is 2. The molecule has 3 aromatic heterocycles. The molecule has 34 heavy (non-hydrogen) atoms. The molecule has 0 unspecified atom stereocenters. The fourth-order valence-corrected chi connectivity index (χ4v) is 3.66. The Morgan fingerprint density at radius 2 is 1.94 bits per heavy atom. The Labute approximate surface area is 198 Å². The number of pyridine rings is 2. The molecule has 0 bridgehead atoms. The minimum Gasteiger partial charge on any atom is -0.348 e. The van der Waals surface area contributed by atoms with E-state index < -0.39 is 18.9 Å². The number of halogens is 3. The quantitative estimate of drug-likeness (QED) is 0.408. The molecular weight excluding hydrogens is 466 g/mol. The fourth-order valence-electron chi connectivity index (χ4n) is 3.38. The van der Waals surface area contributed by atoms with Crippen LogP contribution in [0.4, 0.5) is 14.5 Å². The maximum absolute atomic E-state index is 12.8. The van der Waals surface area contributed by atoms with E-state index >= 15 is 0 Å². The number of anilines is 1. The van der Waals surface area contributed by atoms with E-state index in [-0.39, 0.29) is 23.2 Å². The molecule has 0 spiro atoms. The van der Waals surface area contributed by atoms with Crippen molar-refractivity contribution >= 4 is 40.1 Å². The van der Waals surface area contributed by atoms with E-state index in [1.54, 1.807) is 36.7 Å². The van der Waals surface area contributed by atoms with Gasteiger partial charge in [0.1, 0.15) is 0 Å². The molecule has 0 fully saturated rings. The summed E-state index contributed by atoms with van der Waals surface area (Å²) in [4.78, 5) is 33.7. The van der Waals surface area contributed by atoms with E-state index in [0.29, 0.717) is 22.5 Å². The molecule has 1 aromatic carbocycles. The van der Waals surface area contributed by atoms with Gasteiger partial charge >= 0.3 is 0 Å². The highest BCUT2D eigenvalue weighted by Gasteiger charge is 2.20. The highest BCUT2D eigenvalue weighted by molar-refractivity contribution is 6.34. The minimum absolute atomic E-state index is 0.139. The van der Waals surface area contributed by atoms with Crippen molar-refractivity contribution in [2.45, 2.75) is 19.9 Å². The molecular formula is C23H19ClF2N6O2. The summed E-state index contributed by atoms with van der Waals surface area (Å²) < 4.78 is 25.6. The number of carbonyl (C=O) groups is 2. The van der Waals surface area contributed by atoms with Crippen molar-refractivity contribution in [3.8, 4) is 11.3 Å². The van der Waals surface area contributed by atoms with Crippen LogP contribution in [0.5, 0.6) is 0 Å². The zero-order valence-corrected chi connectivity index (χ0v) is 18.7. The molecule has 2 N–H and O–H groups in total. The standard InChI is InChI=1S/C23H19ClF2N6O2/c1-13(33)32(12-21(25)26)20-5-3-15(7-18(20)24)19-4-2-16(10-27-19)23(34)29-9-14-6-17-11-30-31-22(17)28-8-14/h2-8,10-11,21H,9,12H2,1H3,(H,29,34)(H,28,30,31). The molecule has 11 heteroatoms. The Balaban J connectivity index is 1.44. The number of nitrogens with zero attached hydrogens (tertiary/aromatic N) is 4. The van der Waals surface area contributed by atoms with E-state index in [0.717, 1.165) is 15.8 Å². The van der Waals surface area contributed by atoms with E-state index in [1.165, 1.54) is 19.2 Å². The normalized spacial score (nSPS) is 11.1. The molecule has 3 heterocycles. The van der Waals surface area contributed by atoms with Crippen molar-refractivity contribution in [3.63, 3.8) is 0 Å². The highest BCUT2D eigenvalue weighted by Crippen LogP contribution is 2.31. The van der Waals surface area contributed by atoms with Crippen molar-refractivity contribution in [1.29, 1.82) is 0 Å². The SMILES string of the molecule is CC(=O)N(CC(F)F)c1ccc(-c2ccc(C(=O)NCc3cnc4[nH]ncc4c3)cn2)cc1Cl. The van der Waals surface area contributed by atoms with Crippen LogP contribution >= 0.6 is 11.6 Å². The van der Waals surface area contributed by atoms with Crippen LogP contribution in [0.3, 0.4) is 0 Å². The molecule has 0 radical (unpaired) electrons. The van der Waals surface area contributed by atoms with Gasteiger partial charge in [-0.15, -0.1) is 0 Å². The van der Waals surface area contributed by atoms with Gasteiger partial charge < -0.3 is 10.2 Å². The van der Waals surface area contributed by atoms with Gasteiger partial charge in [-0.05, 0) is 35.9 Å². The number of aromatic amines is 1. The number of hydrogen-bond donors (Lipinski definition) is 2. The van der Waals surface area contributed by atoms with Crippen molar-refractivity contribution in [2.75, 3.05) is 11.4 Å². The average Bonchev–Trinajstić information content (AvgIpc) is 3.29. The zero-order chi connectivity index (χ0) is 24.2. The van der Waals surface area contributed by atoms with E-state index in [4.69, 9.17) is 11.6 Å². The summed E-state index contributed by atoms with van der Waals surface area (Å²) >= 11 is 6.27. The van der Waals surface area contributed by atoms with Crippen molar-refractivity contribution in [1.82, 2.24) is 25.5 Å². The van der Waals surface area contributed by atoms with Crippen LogP contribution in [0.15, 0.2) is 55.0 Å². The maximum Gasteiger partial charge on any atom is 0.256 e. The topological polar surface area (TPSA) is 104 Å². The fraction of sp³-hybridized carbons (Fsp3) is 0.174. The largest absolute Gasteiger partial charge is 0.348 e. The van der Waals surface area contributed by atoms with Crippen molar-refractivity contribution in [3.05, 3.63) is 71.1 Å². The van der Waals surface area contributed by atoms with Gasteiger partial charge in [-0.2, -0.15) is 5.10 Å². The lowest BCUT2D eigenvalue weighted by molar-refractivity contribution is -0.117. The Morgan fingerprint density at radius 3 is 2.62 bits per heavy atom. The van der Waals surface area contributed by atoms with Crippen LogP contribution in [0, 0.1) is 0 Å². The number of carbonyl (C=O) groups excluding carboxylic acids is 2. The second-order valence-electron chi connectivity index (χ2n) is 7.45. The second-order valence-corrected chi connectivity index (χ2v) is 7.86. The molecule has 0 saturated carbocycles. The third kappa shape index (κ3) is 5.18. The summed E-state index contributed by atoms with van der Waals surface area (Å²) in [5.41, 5.74) is 3.20. The predicted molar refractivity (Wildman–Crippen MR) is 124 cm³/mol. The Bertz CT molecular complexity index is 1340. The van der Waals surface area contributed by atoms with Gasteiger partial charge in [0.15, 0.2) is 5.65 Å². The van der Waals surface area contributed by atoms with Crippen LogP contribution in [-0.2, 0) is 11.3 Å². The number of H-pyrrole nitrogens is 1. The molecule has 4 aromatic rings. The van der Waals surface area contributed by atoms with Crippen LogP contribution in [0.25, 0.3) is 22.3 Å². The number of benzene rings is 1. The van der Waals surface area contributed by atoms with E-state index in [2.05, 4.69) is 25.5 Å². The number of hydrogen-bond acceptors (Lipinski definition) is 5. The zero-order valence-electron chi connectivity index (χ0n) is 17.9. The van der Waals surface area contributed by atoms with Crippen LogP contribution in [0.1, 0.15) is 22.8 Å². The number of rotatable bonds is 7. The monoisotopic (exact) mass is 484 g/mol. The number of nitrogens with one attached hydrogen (secondary N) is 2. The van der Waals surface area contributed by atoms with Crippen LogP contribution in [0.2, 0.25) is 5.02 Å². The van der Waals surface area contributed by atoms with Crippen LogP contribution in [-0.4, -0.2) is 44.9 Å². The molecule has 2 amide bonds. The molecule has 8 nitrogen and oxygen atoms in total. The lowest BCUT2D eigenvalue weighted by Gasteiger charge is -2.22. The van der Waals surface area contributed by atoms with Gasteiger partial charge in [0.2, 0.25) is 5.91 Å². The Hall–Kier alpha value is -3.92. The average molecular weight is 485 g/mol. The smallest absolute Gasteiger partial charge is 0.256 e. The third-order valence-electron chi connectivity index (χ3n) is 5.06. The highest BCUT2D eigenvalue weighted by atomic mass is 35.5. The lowest BCUT2D eigenvalue weighted by Crippen LogP contribution is -2.33. The second kappa shape index (κ2) is 9.92. The molecule has 0 aliphatic carbocycles. The lowest BCUT2D eigenvalue weighted by atomic mass is 10.1. The summed E-state index contributed by atoms with van der Waals surface area (Å²) in [5.74, 6) is -0.840. The summed E-state index contributed by atoms with van der Waals surface area (Å²) in [5, 5.41) is 10.5. The number of fused-ring (bicyclic) bond motifs is 1. The third-order valence-corrected chi connectivity index (χ3v) is 5.36. The van der Waals surface area contributed by atoms with Gasteiger partial charge in [0.05, 0.1) is 34.7 Å². The first-order chi connectivity index (χ1) is 16.3. The van der Waals surface area contributed by atoms with Crippen molar-refractivity contribution < 1.29 is 18.4 Å². The Kier molecular flexibility index (Phi) is 6.78. The Morgan fingerprint density at radius 1 is 1.12 bits per heavy atom. The predicted octanol–water partition coefficient (Wildman–Crippen LogP) is 4.22. The van der Waals surface area contributed by atoms with Gasteiger partial charge in [-0.3, -0.25) is 19.7 Å². The molecule has 0 aliphatic heterocycles. The maximum atomic E-state index is 12.8. The summed E-state index contributed by atoms with van der Waals surface area (Å²) in [7, 11) is 0. The van der Waals surface area contributed by atoms with Gasteiger partial charge in [-0.1, -0.05) is 17.7 Å². The molecule has 0 aliphatic rings. The number of alkyl halides is 2. The first-order valence-electron chi connectivity index (χ1n) is 10.2. The summed E-state index contributed by atoms with van der Waals surface area (Å²) in [6.07, 6.45) is 2.06. The minimum atomic E-state index is -2.69. The van der Waals surface area contributed by atoms with Crippen molar-refractivity contribution in [2.24, 2.45) is 0 Å². The molecule has 0 atom stereocenters. The van der Waals surface area contributed by atoms with Gasteiger partial charge in [0.25, 0.3) is 12.3 Å². The van der Waals surface area contributed by atoms with E-state index in [9.17, 15) is 18.4 Å². The van der Waals surface area contributed by atoms with Gasteiger partial charge in [-0.25, -0.2) is 13.8 Å². The first-order valence-corrected chi connectivity index (χ1v) is 10.6. The molecule has 174 valence electrons.